The summed E-state index contributed by atoms with van der Waals surface area (Å²) in [6.45, 7) is 1.48. The summed E-state index contributed by atoms with van der Waals surface area (Å²) in [5.41, 5.74) is -0.214. The Morgan fingerprint density at radius 3 is 2.48 bits per heavy atom. The van der Waals surface area contributed by atoms with Crippen LogP contribution in [0.25, 0.3) is 0 Å². The van der Waals surface area contributed by atoms with E-state index in [0.717, 1.165) is 29.9 Å². The first kappa shape index (κ1) is 21.8. The Morgan fingerprint density at radius 1 is 1.13 bits per heavy atom. The van der Waals surface area contributed by atoms with Crippen LogP contribution in [0, 0.1) is 11.6 Å². The molecule has 31 heavy (non-hydrogen) atoms. The monoisotopic (exact) mass is 445 g/mol. The first-order valence-electron chi connectivity index (χ1n) is 10.3. The molecule has 3 fully saturated rings. The molecule has 0 unspecified atom stereocenters. The number of carbonyl (C=O) groups is 2. The van der Waals surface area contributed by atoms with E-state index < -0.39 is 42.5 Å². The van der Waals surface area contributed by atoms with Gasteiger partial charge in [-0.1, -0.05) is 0 Å². The topological polar surface area (TPSA) is 62.3 Å². The van der Waals surface area contributed by atoms with Crippen molar-refractivity contribution < 1.29 is 36.7 Å². The molecule has 0 N–H and O–H groups in total. The van der Waals surface area contributed by atoms with Crippen LogP contribution in [0.3, 0.4) is 0 Å². The highest BCUT2D eigenvalue weighted by atomic mass is 19.3. The molecule has 7 nitrogen and oxygen atoms in total. The van der Waals surface area contributed by atoms with Crippen LogP contribution in [0.5, 0.6) is 0 Å². The number of hydroxylamine groups is 2. The Labute approximate surface area is 176 Å². The van der Waals surface area contributed by atoms with E-state index in [4.69, 9.17) is 9.57 Å². The van der Waals surface area contributed by atoms with Gasteiger partial charge in [0.1, 0.15) is 11.8 Å². The molecule has 1 aromatic rings. The van der Waals surface area contributed by atoms with Crippen molar-refractivity contribution in [2.45, 2.75) is 44.3 Å². The van der Waals surface area contributed by atoms with Crippen LogP contribution in [0.15, 0.2) is 12.1 Å². The summed E-state index contributed by atoms with van der Waals surface area (Å²) in [6, 6.07) is 2.48. The fourth-order valence-electron chi connectivity index (χ4n) is 3.84. The predicted molar refractivity (Wildman–Crippen MR) is 102 cm³/mol. The summed E-state index contributed by atoms with van der Waals surface area (Å²) in [4.78, 5) is 31.5. The van der Waals surface area contributed by atoms with E-state index in [1.165, 1.54) is 0 Å². The number of alkyl halides is 2. The van der Waals surface area contributed by atoms with E-state index in [-0.39, 0.29) is 24.3 Å². The maximum Gasteiger partial charge on any atom is 0.414 e. The number of hydrogen-bond donors (Lipinski definition) is 0. The number of ether oxygens (including phenoxy) is 1. The molecular weight excluding hydrogens is 422 g/mol. The molecule has 1 aliphatic carbocycles. The summed E-state index contributed by atoms with van der Waals surface area (Å²) in [7, 11) is 0. The van der Waals surface area contributed by atoms with Crippen molar-refractivity contribution in [3.8, 4) is 0 Å². The Hall–Kier alpha value is -2.40. The third-order valence-corrected chi connectivity index (χ3v) is 5.62. The van der Waals surface area contributed by atoms with Crippen molar-refractivity contribution in [3.63, 3.8) is 0 Å². The first-order chi connectivity index (χ1) is 14.8. The highest BCUT2D eigenvalue weighted by molar-refractivity contribution is 5.90. The number of halogens is 4. The largest absolute Gasteiger partial charge is 0.444 e. The predicted octanol–water partition coefficient (Wildman–Crippen LogP) is 3.12. The molecular formula is C20H23F4N3O4. The van der Waals surface area contributed by atoms with Gasteiger partial charge in [0, 0.05) is 44.2 Å². The fourth-order valence-corrected chi connectivity index (χ4v) is 3.84. The van der Waals surface area contributed by atoms with Gasteiger partial charge < -0.3 is 9.64 Å². The molecule has 1 atom stereocenters. The van der Waals surface area contributed by atoms with E-state index in [9.17, 15) is 27.2 Å². The van der Waals surface area contributed by atoms with Crippen LogP contribution < -0.4 is 9.80 Å². The summed E-state index contributed by atoms with van der Waals surface area (Å²) in [5, 5.41) is 1.86. The number of nitrogens with zero attached hydrogens (tertiary/aromatic N) is 3. The van der Waals surface area contributed by atoms with Crippen LogP contribution in [0.2, 0.25) is 0 Å². The summed E-state index contributed by atoms with van der Waals surface area (Å²) < 4.78 is 59.5. The summed E-state index contributed by atoms with van der Waals surface area (Å²) >= 11 is 0. The first-order valence-corrected chi connectivity index (χ1v) is 10.3. The molecule has 0 spiro atoms. The lowest BCUT2D eigenvalue weighted by molar-refractivity contribution is -0.154. The highest BCUT2D eigenvalue weighted by Gasteiger charge is 2.35. The lowest BCUT2D eigenvalue weighted by atomic mass is 10.1. The van der Waals surface area contributed by atoms with Crippen molar-refractivity contribution in [3.05, 3.63) is 23.8 Å². The number of carbonyl (C=O) groups excluding carboxylic acids is 2. The minimum Gasteiger partial charge on any atom is -0.444 e. The molecule has 0 radical (unpaired) electrons. The van der Waals surface area contributed by atoms with Crippen LogP contribution >= 0.6 is 0 Å². The third-order valence-electron chi connectivity index (χ3n) is 5.62. The Balaban J connectivity index is 1.43. The lowest BCUT2D eigenvalue weighted by Gasteiger charge is -2.24. The molecule has 1 saturated carbocycles. The highest BCUT2D eigenvalue weighted by Crippen LogP contribution is 2.33. The number of anilines is 2. The van der Waals surface area contributed by atoms with Gasteiger partial charge in [0.05, 0.1) is 18.8 Å². The van der Waals surface area contributed by atoms with Gasteiger partial charge in [0.15, 0.2) is 17.4 Å². The Kier molecular flexibility index (Phi) is 6.33. The average Bonchev–Trinajstić information content (AvgIpc) is 3.51. The third kappa shape index (κ3) is 4.93. The van der Waals surface area contributed by atoms with E-state index in [1.807, 2.05) is 5.06 Å². The Bertz CT molecular complexity index is 829. The molecule has 2 aliphatic heterocycles. The standard InChI is InChI=1S/C20H23F4N3O4/c21-15-9-13(26-11-14(31-20(26)29)3-4-17(28)19(23)24)10-16(22)18(15)25-5-6-27(12-1-2-12)30-8-7-25/h9-10,12,14,19H,1-8,11H2/t14-/m0/s1. The molecule has 1 amide bonds. The lowest BCUT2D eigenvalue weighted by Crippen LogP contribution is -2.32. The maximum absolute atomic E-state index is 14.9. The molecule has 170 valence electrons. The minimum atomic E-state index is -3.08. The van der Waals surface area contributed by atoms with Crippen molar-refractivity contribution in [2.24, 2.45) is 0 Å². The molecule has 1 aromatic carbocycles. The quantitative estimate of drug-likeness (QED) is 0.601. The van der Waals surface area contributed by atoms with Gasteiger partial charge in [0.25, 0.3) is 6.43 Å². The number of cyclic esters (lactones) is 1. The number of ketones is 1. The van der Waals surface area contributed by atoms with Gasteiger partial charge in [-0.3, -0.25) is 14.5 Å². The second-order valence-corrected chi connectivity index (χ2v) is 7.87. The molecule has 3 aliphatic rings. The normalized spacial score (nSPS) is 22.7. The zero-order valence-corrected chi connectivity index (χ0v) is 16.7. The number of amides is 1. The molecule has 2 heterocycles. The Morgan fingerprint density at radius 2 is 1.84 bits per heavy atom. The molecule has 11 heteroatoms. The van der Waals surface area contributed by atoms with Crippen LogP contribution in [0.4, 0.5) is 33.7 Å². The van der Waals surface area contributed by atoms with E-state index in [0.29, 0.717) is 32.3 Å². The number of benzene rings is 1. The van der Waals surface area contributed by atoms with Gasteiger partial charge in [-0.15, -0.1) is 0 Å². The van der Waals surface area contributed by atoms with E-state index in [2.05, 4.69) is 0 Å². The zero-order chi connectivity index (χ0) is 22.1. The van der Waals surface area contributed by atoms with Gasteiger partial charge in [0.2, 0.25) is 0 Å². The summed E-state index contributed by atoms with van der Waals surface area (Å²) in [6.07, 6.45) is -3.15. The van der Waals surface area contributed by atoms with Crippen LogP contribution in [-0.4, -0.2) is 68.3 Å². The van der Waals surface area contributed by atoms with Crippen LogP contribution in [0.1, 0.15) is 25.7 Å². The number of rotatable bonds is 7. The molecule has 0 aromatic heterocycles. The molecule has 2 saturated heterocycles. The number of hydrogen-bond acceptors (Lipinski definition) is 6. The fraction of sp³-hybridized carbons (Fsp3) is 0.600. The van der Waals surface area contributed by atoms with Crippen molar-refractivity contribution >= 4 is 23.3 Å². The summed E-state index contributed by atoms with van der Waals surface area (Å²) in [5.74, 6) is -2.88. The van der Waals surface area contributed by atoms with Gasteiger partial charge in [-0.25, -0.2) is 22.4 Å². The van der Waals surface area contributed by atoms with E-state index in [1.54, 1.807) is 4.90 Å². The van der Waals surface area contributed by atoms with Gasteiger partial charge in [-0.2, -0.15) is 5.06 Å². The second kappa shape index (κ2) is 8.99. The van der Waals surface area contributed by atoms with E-state index >= 15 is 0 Å². The van der Waals surface area contributed by atoms with Crippen LogP contribution in [-0.2, 0) is 14.4 Å². The maximum atomic E-state index is 14.9. The molecule has 0 bridgehead atoms. The SMILES string of the molecule is O=C(CC[C@H]1CN(c2cc(F)c(N3CCON(C4CC4)CC3)c(F)c2)C(=O)O1)C(F)F. The van der Waals surface area contributed by atoms with Gasteiger partial charge in [-0.05, 0) is 19.3 Å². The van der Waals surface area contributed by atoms with Crippen molar-refractivity contribution in [2.75, 3.05) is 42.6 Å². The smallest absolute Gasteiger partial charge is 0.414 e. The van der Waals surface area contributed by atoms with Crippen molar-refractivity contribution in [1.29, 1.82) is 0 Å². The average molecular weight is 445 g/mol. The molecule has 4 rings (SSSR count). The minimum absolute atomic E-state index is 0.0304. The zero-order valence-electron chi connectivity index (χ0n) is 16.7. The second-order valence-electron chi connectivity index (χ2n) is 7.87. The van der Waals surface area contributed by atoms with Gasteiger partial charge >= 0.3 is 6.09 Å². The van der Waals surface area contributed by atoms with Crippen molar-refractivity contribution in [1.82, 2.24) is 5.06 Å². The number of Topliss-reactive ketones (excluding diaryl/α,β-unsaturated/α-hetero) is 1.